The topological polar surface area (TPSA) is 55.4 Å². The minimum absolute atomic E-state index is 0.256. The van der Waals surface area contributed by atoms with E-state index in [1.165, 1.54) is 0 Å². The Morgan fingerprint density at radius 3 is 1.74 bits per heavy atom. The standard InChI is InChI=1S/C13H20O6/c1-14-10-6-9(19-8-12(16-3)17-4)7-11(15-2)13(10)18-5/h6-7,12H,8H2,1-5H3. The van der Waals surface area contributed by atoms with E-state index in [2.05, 4.69) is 0 Å². The van der Waals surface area contributed by atoms with Crippen molar-refractivity contribution in [2.24, 2.45) is 0 Å². The molecule has 0 saturated carbocycles. The molecule has 1 aromatic carbocycles. The Morgan fingerprint density at radius 1 is 0.842 bits per heavy atom. The molecule has 0 radical (unpaired) electrons. The molecule has 0 saturated heterocycles. The van der Waals surface area contributed by atoms with E-state index < -0.39 is 6.29 Å². The molecule has 1 rings (SSSR count). The molecule has 0 N–H and O–H groups in total. The van der Waals surface area contributed by atoms with Crippen molar-refractivity contribution in [1.82, 2.24) is 0 Å². The van der Waals surface area contributed by atoms with Gasteiger partial charge in [0.15, 0.2) is 17.8 Å². The fourth-order valence-electron chi connectivity index (χ4n) is 1.54. The predicted octanol–water partition coefficient (Wildman–Crippen LogP) is 1.71. The summed E-state index contributed by atoms with van der Waals surface area (Å²) < 4.78 is 31.3. The number of ether oxygens (including phenoxy) is 6. The number of hydrogen-bond acceptors (Lipinski definition) is 6. The van der Waals surface area contributed by atoms with Gasteiger partial charge in [-0.25, -0.2) is 0 Å². The molecule has 0 heterocycles. The Labute approximate surface area is 113 Å². The molecule has 0 aliphatic carbocycles. The Bertz CT molecular complexity index is 364. The average molecular weight is 272 g/mol. The summed E-state index contributed by atoms with van der Waals surface area (Å²) in [4.78, 5) is 0. The molecule has 6 heteroatoms. The van der Waals surface area contributed by atoms with Crippen LogP contribution in [0.3, 0.4) is 0 Å². The first-order valence-electron chi connectivity index (χ1n) is 5.68. The molecule has 19 heavy (non-hydrogen) atoms. The second kappa shape index (κ2) is 7.70. The molecule has 0 aliphatic rings. The van der Waals surface area contributed by atoms with Crippen molar-refractivity contribution in [2.75, 3.05) is 42.2 Å². The van der Waals surface area contributed by atoms with Crippen molar-refractivity contribution in [3.63, 3.8) is 0 Å². The molecule has 0 amide bonds. The first-order chi connectivity index (χ1) is 9.19. The highest BCUT2D eigenvalue weighted by atomic mass is 16.7. The molecule has 0 bridgehead atoms. The molecule has 0 spiro atoms. The van der Waals surface area contributed by atoms with Crippen LogP contribution in [0.1, 0.15) is 0 Å². The van der Waals surface area contributed by atoms with Gasteiger partial charge in [0.25, 0.3) is 0 Å². The zero-order valence-electron chi connectivity index (χ0n) is 11.9. The van der Waals surface area contributed by atoms with Crippen LogP contribution in [0.25, 0.3) is 0 Å². The third kappa shape index (κ3) is 3.90. The Balaban J connectivity index is 2.90. The van der Waals surface area contributed by atoms with Crippen molar-refractivity contribution < 1.29 is 28.4 Å². The molecular formula is C13H20O6. The van der Waals surface area contributed by atoms with E-state index in [4.69, 9.17) is 28.4 Å². The molecule has 108 valence electrons. The normalized spacial score (nSPS) is 10.4. The SMILES string of the molecule is COc1cc(OCC(OC)OC)cc(OC)c1OC. The summed E-state index contributed by atoms with van der Waals surface area (Å²) in [5.74, 6) is 2.16. The van der Waals surface area contributed by atoms with Gasteiger partial charge in [-0.1, -0.05) is 0 Å². The summed E-state index contributed by atoms with van der Waals surface area (Å²) in [7, 11) is 7.74. The largest absolute Gasteiger partial charge is 0.493 e. The third-order valence-electron chi connectivity index (χ3n) is 2.55. The van der Waals surface area contributed by atoms with Crippen molar-refractivity contribution in [3.05, 3.63) is 12.1 Å². The number of methoxy groups -OCH3 is 5. The quantitative estimate of drug-likeness (QED) is 0.671. The van der Waals surface area contributed by atoms with Gasteiger partial charge in [-0.2, -0.15) is 0 Å². The lowest BCUT2D eigenvalue weighted by atomic mass is 10.2. The van der Waals surface area contributed by atoms with Gasteiger partial charge in [0, 0.05) is 26.4 Å². The molecule has 6 nitrogen and oxygen atoms in total. The first-order valence-corrected chi connectivity index (χ1v) is 5.68. The summed E-state index contributed by atoms with van der Waals surface area (Å²) in [6.07, 6.45) is -0.431. The van der Waals surface area contributed by atoms with Crippen LogP contribution >= 0.6 is 0 Å². The Hall–Kier alpha value is -1.66. The fraction of sp³-hybridized carbons (Fsp3) is 0.538. The van der Waals surface area contributed by atoms with Gasteiger partial charge in [-0.15, -0.1) is 0 Å². The molecule has 1 aromatic rings. The van der Waals surface area contributed by atoms with Gasteiger partial charge in [-0.3, -0.25) is 0 Å². The van der Waals surface area contributed by atoms with Crippen molar-refractivity contribution in [1.29, 1.82) is 0 Å². The zero-order chi connectivity index (χ0) is 14.3. The van der Waals surface area contributed by atoms with Crippen LogP contribution in [0.4, 0.5) is 0 Å². The summed E-state index contributed by atoms with van der Waals surface area (Å²) in [6, 6.07) is 3.42. The Kier molecular flexibility index (Phi) is 6.24. The highest BCUT2D eigenvalue weighted by Crippen LogP contribution is 2.40. The minimum atomic E-state index is -0.431. The monoisotopic (exact) mass is 272 g/mol. The van der Waals surface area contributed by atoms with Gasteiger partial charge in [0.1, 0.15) is 12.4 Å². The van der Waals surface area contributed by atoms with Crippen LogP contribution in [-0.4, -0.2) is 48.4 Å². The van der Waals surface area contributed by atoms with Gasteiger partial charge in [-0.05, 0) is 0 Å². The van der Waals surface area contributed by atoms with Crippen LogP contribution in [0.2, 0.25) is 0 Å². The second-order valence-corrected chi connectivity index (χ2v) is 3.57. The summed E-state index contributed by atoms with van der Waals surface area (Å²) >= 11 is 0. The molecular weight excluding hydrogens is 252 g/mol. The fourth-order valence-corrected chi connectivity index (χ4v) is 1.54. The van der Waals surface area contributed by atoms with Crippen LogP contribution in [0.15, 0.2) is 12.1 Å². The first kappa shape index (κ1) is 15.4. The van der Waals surface area contributed by atoms with E-state index in [0.29, 0.717) is 23.0 Å². The molecule has 0 atom stereocenters. The molecule has 0 aliphatic heterocycles. The van der Waals surface area contributed by atoms with Crippen molar-refractivity contribution >= 4 is 0 Å². The highest BCUT2D eigenvalue weighted by molar-refractivity contribution is 5.55. The Morgan fingerprint density at radius 2 is 1.37 bits per heavy atom. The van der Waals surface area contributed by atoms with Crippen LogP contribution in [-0.2, 0) is 9.47 Å². The van der Waals surface area contributed by atoms with Gasteiger partial charge in [0.2, 0.25) is 5.75 Å². The van der Waals surface area contributed by atoms with E-state index in [1.54, 1.807) is 47.7 Å². The molecule has 0 aromatic heterocycles. The minimum Gasteiger partial charge on any atom is -0.493 e. The number of rotatable bonds is 8. The third-order valence-corrected chi connectivity index (χ3v) is 2.55. The van der Waals surface area contributed by atoms with E-state index in [9.17, 15) is 0 Å². The van der Waals surface area contributed by atoms with Crippen molar-refractivity contribution in [3.8, 4) is 23.0 Å². The molecule has 0 unspecified atom stereocenters. The summed E-state index contributed by atoms with van der Waals surface area (Å²) in [5.41, 5.74) is 0. The lowest BCUT2D eigenvalue weighted by Crippen LogP contribution is -2.22. The van der Waals surface area contributed by atoms with Crippen LogP contribution < -0.4 is 18.9 Å². The predicted molar refractivity (Wildman–Crippen MR) is 69.4 cm³/mol. The summed E-state index contributed by atoms with van der Waals surface area (Å²) in [6.45, 7) is 0.256. The van der Waals surface area contributed by atoms with Gasteiger partial charge >= 0.3 is 0 Å². The number of benzene rings is 1. The maximum absolute atomic E-state index is 5.57. The van der Waals surface area contributed by atoms with E-state index in [-0.39, 0.29) is 6.61 Å². The lowest BCUT2D eigenvalue weighted by molar-refractivity contribution is -0.122. The van der Waals surface area contributed by atoms with Gasteiger partial charge in [0.05, 0.1) is 21.3 Å². The number of hydrogen-bond donors (Lipinski definition) is 0. The van der Waals surface area contributed by atoms with E-state index >= 15 is 0 Å². The van der Waals surface area contributed by atoms with Crippen molar-refractivity contribution in [2.45, 2.75) is 6.29 Å². The van der Waals surface area contributed by atoms with Crippen LogP contribution in [0.5, 0.6) is 23.0 Å². The van der Waals surface area contributed by atoms with Crippen LogP contribution in [0, 0.1) is 0 Å². The highest BCUT2D eigenvalue weighted by Gasteiger charge is 2.15. The van der Waals surface area contributed by atoms with Gasteiger partial charge < -0.3 is 28.4 Å². The maximum Gasteiger partial charge on any atom is 0.203 e. The summed E-state index contributed by atoms with van der Waals surface area (Å²) in [5, 5.41) is 0. The average Bonchev–Trinajstić information content (AvgIpc) is 2.46. The maximum atomic E-state index is 5.57. The zero-order valence-corrected chi connectivity index (χ0v) is 11.9. The lowest BCUT2D eigenvalue weighted by Gasteiger charge is -2.17. The van der Waals surface area contributed by atoms with E-state index in [0.717, 1.165) is 0 Å². The second-order valence-electron chi connectivity index (χ2n) is 3.57. The molecule has 0 fully saturated rings. The smallest absolute Gasteiger partial charge is 0.203 e. The van der Waals surface area contributed by atoms with E-state index in [1.807, 2.05) is 0 Å².